The molecule has 0 aliphatic rings. The molecule has 0 atom stereocenters. The van der Waals surface area contributed by atoms with Gasteiger partial charge in [-0.05, 0) is 47.4 Å². The molecule has 12 nitrogen and oxygen atoms in total. The van der Waals surface area contributed by atoms with Crippen molar-refractivity contribution >= 4 is 39.4 Å². The van der Waals surface area contributed by atoms with Gasteiger partial charge in [0.25, 0.3) is 21.9 Å². The Hall–Kier alpha value is -4.75. The Bertz CT molecular complexity index is 1540. The van der Waals surface area contributed by atoms with Crippen LogP contribution in [-0.4, -0.2) is 59.6 Å². The molecule has 0 bridgehead atoms. The standard InChI is InChI=1S/C26H26N4O5.CH4O3S/c1-14(2)13-29-24(32)15-7-9-18(21(11-15)26(34)35)17-5-3-4-6-19(17)25(33)30-16-8-10-20(23(27)28)22(31)12-16;1-5(2,3)4/h3-12,14,31H,13H2,1-2H3,(H3,27,28)(H,29,32)(H,30,33)(H,34,35);1H3,(H,2,3,4). The molecule has 0 aliphatic carbocycles. The Morgan fingerprint density at radius 2 is 1.52 bits per heavy atom. The van der Waals surface area contributed by atoms with Crippen LogP contribution in [0.2, 0.25) is 0 Å². The molecule has 3 aromatic rings. The van der Waals surface area contributed by atoms with Gasteiger partial charge in [-0.3, -0.25) is 19.6 Å². The first-order valence-electron chi connectivity index (χ1n) is 11.7. The lowest BCUT2D eigenvalue weighted by molar-refractivity contribution is 0.0697. The number of amides is 2. The van der Waals surface area contributed by atoms with Crippen LogP contribution < -0.4 is 16.4 Å². The summed E-state index contributed by atoms with van der Waals surface area (Å²) in [6.07, 6.45) is 0.715. The third-order valence-corrected chi connectivity index (χ3v) is 5.19. The van der Waals surface area contributed by atoms with Crippen molar-refractivity contribution in [3.63, 3.8) is 0 Å². The molecule has 3 aromatic carbocycles. The average molecular weight is 571 g/mol. The molecular formula is C27H30N4O8S. The van der Waals surface area contributed by atoms with Crippen molar-refractivity contribution in [1.82, 2.24) is 5.32 Å². The van der Waals surface area contributed by atoms with Gasteiger partial charge in [-0.25, -0.2) is 4.79 Å². The number of carbonyl (C=O) groups is 3. The number of aromatic carboxylic acids is 1. The Balaban J connectivity index is 0.00000103. The monoisotopic (exact) mass is 570 g/mol. The van der Waals surface area contributed by atoms with E-state index in [1.807, 2.05) is 13.8 Å². The highest BCUT2D eigenvalue weighted by molar-refractivity contribution is 7.85. The van der Waals surface area contributed by atoms with Crippen LogP contribution in [0.1, 0.15) is 50.5 Å². The van der Waals surface area contributed by atoms with Crippen molar-refractivity contribution in [1.29, 1.82) is 5.41 Å². The van der Waals surface area contributed by atoms with Gasteiger partial charge in [-0.1, -0.05) is 38.1 Å². The zero-order valence-corrected chi connectivity index (χ0v) is 22.7. The lowest BCUT2D eigenvalue weighted by Gasteiger charge is -2.14. The SMILES string of the molecule is CC(C)CNC(=O)c1ccc(-c2ccccc2C(=O)Nc2ccc(C(=N)N)c(O)c2)c(C(=O)O)c1.CS(=O)(=O)O. The van der Waals surface area contributed by atoms with Gasteiger partial charge in [0.1, 0.15) is 11.6 Å². The lowest BCUT2D eigenvalue weighted by atomic mass is 9.93. The van der Waals surface area contributed by atoms with Gasteiger partial charge in [0.2, 0.25) is 0 Å². The van der Waals surface area contributed by atoms with E-state index in [1.54, 1.807) is 24.3 Å². The molecule has 0 unspecified atom stereocenters. The number of phenols is 1. The van der Waals surface area contributed by atoms with E-state index in [9.17, 15) is 33.0 Å². The molecule has 8 N–H and O–H groups in total. The van der Waals surface area contributed by atoms with Crippen molar-refractivity contribution in [2.45, 2.75) is 13.8 Å². The van der Waals surface area contributed by atoms with Gasteiger partial charge in [0, 0.05) is 29.4 Å². The van der Waals surface area contributed by atoms with E-state index in [1.165, 1.54) is 36.4 Å². The van der Waals surface area contributed by atoms with Gasteiger partial charge >= 0.3 is 5.97 Å². The number of nitrogens with one attached hydrogen (secondary N) is 3. The second-order valence-corrected chi connectivity index (χ2v) is 10.5. The molecule has 0 heterocycles. The largest absolute Gasteiger partial charge is 0.507 e. The first-order valence-corrected chi connectivity index (χ1v) is 13.6. The molecule has 2 amide bonds. The Labute approximate surface area is 231 Å². The summed E-state index contributed by atoms with van der Waals surface area (Å²) in [5, 5.41) is 32.7. The molecule has 0 aromatic heterocycles. The number of amidine groups is 1. The third-order valence-electron chi connectivity index (χ3n) is 5.19. The van der Waals surface area contributed by atoms with Crippen LogP contribution in [0.15, 0.2) is 60.7 Å². The van der Waals surface area contributed by atoms with E-state index in [0.717, 1.165) is 0 Å². The van der Waals surface area contributed by atoms with Crippen LogP contribution in [0.3, 0.4) is 0 Å². The average Bonchev–Trinajstić information content (AvgIpc) is 2.85. The quantitative estimate of drug-likeness (QED) is 0.120. The molecule has 0 aliphatic heterocycles. The van der Waals surface area contributed by atoms with Crippen LogP contribution >= 0.6 is 0 Å². The van der Waals surface area contributed by atoms with E-state index in [4.69, 9.17) is 15.7 Å². The van der Waals surface area contributed by atoms with Crippen LogP contribution in [0.25, 0.3) is 11.1 Å². The van der Waals surface area contributed by atoms with Crippen molar-refractivity contribution < 1.29 is 37.6 Å². The number of anilines is 1. The fourth-order valence-corrected chi connectivity index (χ4v) is 3.45. The maximum absolute atomic E-state index is 13.1. The number of carbonyl (C=O) groups excluding carboxylic acids is 2. The summed E-state index contributed by atoms with van der Waals surface area (Å²) in [6.45, 7) is 4.36. The van der Waals surface area contributed by atoms with Gasteiger partial charge in [-0.15, -0.1) is 0 Å². The number of hydrogen-bond acceptors (Lipinski definition) is 7. The summed E-state index contributed by atoms with van der Waals surface area (Å²) in [5.41, 5.74) is 6.72. The van der Waals surface area contributed by atoms with E-state index in [2.05, 4.69) is 10.6 Å². The number of phenolic OH excluding ortho intramolecular Hbond substituents is 1. The predicted octanol–water partition coefficient (Wildman–Crippen LogP) is 3.18. The summed E-state index contributed by atoms with van der Waals surface area (Å²) >= 11 is 0. The summed E-state index contributed by atoms with van der Waals surface area (Å²) in [5.74, 6) is -2.49. The van der Waals surface area contributed by atoms with E-state index >= 15 is 0 Å². The smallest absolute Gasteiger partial charge is 0.336 e. The maximum Gasteiger partial charge on any atom is 0.336 e. The van der Waals surface area contributed by atoms with E-state index in [-0.39, 0.29) is 56.9 Å². The van der Waals surface area contributed by atoms with Crippen molar-refractivity contribution in [3.8, 4) is 16.9 Å². The number of carboxylic acid groups (broad SMARTS) is 1. The normalized spacial score (nSPS) is 10.7. The number of carboxylic acids is 1. The number of aromatic hydroxyl groups is 1. The Morgan fingerprint density at radius 3 is 2.08 bits per heavy atom. The van der Waals surface area contributed by atoms with Crippen LogP contribution in [-0.2, 0) is 10.1 Å². The van der Waals surface area contributed by atoms with Crippen LogP contribution in [0, 0.1) is 11.3 Å². The zero-order valence-electron chi connectivity index (χ0n) is 21.9. The fraction of sp³-hybridized carbons (Fsp3) is 0.185. The summed E-state index contributed by atoms with van der Waals surface area (Å²) in [4.78, 5) is 37.6. The summed E-state index contributed by atoms with van der Waals surface area (Å²) < 4.78 is 25.9. The molecule has 0 radical (unpaired) electrons. The first kappa shape index (κ1) is 31.5. The molecule has 0 fully saturated rings. The Kier molecular flexibility index (Phi) is 10.5. The zero-order chi connectivity index (χ0) is 30.2. The molecular weight excluding hydrogens is 540 g/mol. The molecule has 40 heavy (non-hydrogen) atoms. The first-order chi connectivity index (χ1) is 18.6. The lowest BCUT2D eigenvalue weighted by Crippen LogP contribution is -2.27. The minimum atomic E-state index is -3.67. The molecule has 3 rings (SSSR count). The van der Waals surface area contributed by atoms with Gasteiger partial charge in [0.05, 0.1) is 17.4 Å². The third kappa shape index (κ3) is 9.22. The minimum Gasteiger partial charge on any atom is -0.507 e. The molecule has 13 heteroatoms. The highest BCUT2D eigenvalue weighted by Gasteiger charge is 2.20. The second kappa shape index (κ2) is 13.4. The van der Waals surface area contributed by atoms with Crippen molar-refractivity contribution in [2.75, 3.05) is 18.1 Å². The number of hydrogen-bond donors (Lipinski definition) is 7. The summed E-state index contributed by atoms with van der Waals surface area (Å²) in [6, 6.07) is 15.0. The van der Waals surface area contributed by atoms with E-state index < -0.39 is 22.0 Å². The van der Waals surface area contributed by atoms with Gasteiger partial charge in [-0.2, -0.15) is 8.42 Å². The Morgan fingerprint density at radius 1 is 0.925 bits per heavy atom. The van der Waals surface area contributed by atoms with Crippen molar-refractivity contribution in [2.24, 2.45) is 11.7 Å². The second-order valence-electron chi connectivity index (χ2n) is 9.05. The van der Waals surface area contributed by atoms with E-state index in [0.29, 0.717) is 18.4 Å². The highest BCUT2D eigenvalue weighted by Crippen LogP contribution is 2.30. The molecule has 0 saturated carbocycles. The van der Waals surface area contributed by atoms with Gasteiger partial charge in [0.15, 0.2) is 0 Å². The fourth-order valence-electron chi connectivity index (χ4n) is 3.45. The number of benzene rings is 3. The van der Waals surface area contributed by atoms with Crippen LogP contribution in [0.5, 0.6) is 5.75 Å². The molecule has 0 spiro atoms. The topological polar surface area (TPSA) is 220 Å². The number of nitrogen functional groups attached to an aromatic ring is 1. The van der Waals surface area contributed by atoms with Gasteiger partial charge < -0.3 is 26.6 Å². The molecule has 0 saturated heterocycles. The minimum absolute atomic E-state index is 0.120. The molecule has 212 valence electrons. The highest BCUT2D eigenvalue weighted by atomic mass is 32.2. The summed E-state index contributed by atoms with van der Waals surface area (Å²) in [7, 11) is -3.67. The van der Waals surface area contributed by atoms with Crippen LogP contribution in [0.4, 0.5) is 5.69 Å². The number of nitrogens with two attached hydrogens (primary N) is 1. The number of rotatable bonds is 8. The van der Waals surface area contributed by atoms with Crippen molar-refractivity contribution in [3.05, 3.63) is 82.9 Å². The maximum atomic E-state index is 13.1. The predicted molar refractivity (Wildman–Crippen MR) is 151 cm³/mol.